The Morgan fingerprint density at radius 1 is 1.13 bits per heavy atom. The van der Waals surface area contributed by atoms with Gasteiger partial charge in [0.05, 0.1) is 4.90 Å². The highest BCUT2D eigenvalue weighted by Crippen LogP contribution is 2.34. The molecule has 1 saturated carbocycles. The molecule has 1 aromatic carbocycles. The Hall–Kier alpha value is -0.950. The number of hydrogen-bond acceptors (Lipinski definition) is 5. The second-order valence-corrected chi connectivity index (χ2v) is 8.20. The lowest BCUT2D eigenvalue weighted by Gasteiger charge is -2.44. The molecule has 23 heavy (non-hydrogen) atoms. The van der Waals surface area contributed by atoms with Crippen molar-refractivity contribution in [2.24, 2.45) is 5.73 Å². The highest BCUT2D eigenvalue weighted by Gasteiger charge is 2.44. The van der Waals surface area contributed by atoms with Gasteiger partial charge in [0.1, 0.15) is 0 Å². The fraction of sp³-hybridized carbons (Fsp3) is 0.647. The molecule has 0 saturated heterocycles. The Morgan fingerprint density at radius 2 is 1.74 bits per heavy atom. The molecule has 0 bridgehead atoms. The normalized spacial score (nSPS) is 26.7. The van der Waals surface area contributed by atoms with Gasteiger partial charge in [0, 0.05) is 6.04 Å². The van der Waals surface area contributed by atoms with Crippen LogP contribution in [0.25, 0.3) is 0 Å². The summed E-state index contributed by atoms with van der Waals surface area (Å²) in [6.07, 6.45) is 5.52. The molecule has 2 atom stereocenters. The zero-order chi connectivity index (χ0) is 17.1. The van der Waals surface area contributed by atoms with E-state index in [1.54, 1.807) is 24.3 Å². The number of rotatable bonds is 4. The summed E-state index contributed by atoms with van der Waals surface area (Å²) in [5, 5.41) is 0. The largest absolute Gasteiger partial charge is 0.324 e. The van der Waals surface area contributed by atoms with Gasteiger partial charge < -0.3 is 5.73 Å². The number of benzene rings is 1. The summed E-state index contributed by atoms with van der Waals surface area (Å²) in [5.74, 6) is 0. The Morgan fingerprint density at radius 3 is 2.35 bits per heavy atom. The highest BCUT2D eigenvalue weighted by atomic mass is 32.2. The van der Waals surface area contributed by atoms with E-state index < -0.39 is 15.8 Å². The lowest BCUT2D eigenvalue weighted by molar-refractivity contribution is -0.0858. The molecular formula is C17H28N2O3S. The molecule has 1 aliphatic rings. The van der Waals surface area contributed by atoms with E-state index in [-0.39, 0.29) is 10.9 Å². The fourth-order valence-electron chi connectivity index (χ4n) is 3.18. The molecule has 0 amide bonds. The molecule has 5 nitrogen and oxygen atoms in total. The van der Waals surface area contributed by atoms with Crippen LogP contribution in [0.5, 0.6) is 0 Å². The third-order valence-corrected chi connectivity index (χ3v) is 6.06. The molecule has 0 spiro atoms. The maximum Gasteiger partial charge on any atom is 0.298 e. The van der Waals surface area contributed by atoms with Gasteiger partial charge >= 0.3 is 0 Å². The predicted octanol–water partition coefficient (Wildman–Crippen LogP) is 2.64. The fourth-order valence-corrected chi connectivity index (χ4v) is 4.48. The van der Waals surface area contributed by atoms with Crippen molar-refractivity contribution in [2.75, 3.05) is 14.1 Å². The molecule has 1 aliphatic carbocycles. The Labute approximate surface area is 139 Å². The SMILES string of the molecule is Cc1ccc(S(=O)(=O)OC2(N(C)C)CCCCCCC2N)cc1. The lowest BCUT2D eigenvalue weighted by atomic mass is 9.89. The number of aryl methyl sites for hydroxylation is 1. The maximum absolute atomic E-state index is 12.8. The van der Waals surface area contributed by atoms with E-state index in [2.05, 4.69) is 0 Å². The van der Waals surface area contributed by atoms with Crippen molar-refractivity contribution in [2.45, 2.75) is 62.1 Å². The first-order valence-electron chi connectivity index (χ1n) is 8.23. The quantitative estimate of drug-likeness (QED) is 0.674. The van der Waals surface area contributed by atoms with Gasteiger partial charge in [-0.3, -0.25) is 4.90 Å². The zero-order valence-electron chi connectivity index (χ0n) is 14.3. The van der Waals surface area contributed by atoms with E-state index in [0.717, 1.165) is 37.7 Å². The van der Waals surface area contributed by atoms with Crippen molar-refractivity contribution in [1.82, 2.24) is 4.90 Å². The van der Waals surface area contributed by atoms with Gasteiger partial charge in [-0.05, 0) is 52.4 Å². The van der Waals surface area contributed by atoms with Gasteiger partial charge in [0.2, 0.25) is 0 Å². The van der Waals surface area contributed by atoms with E-state index in [4.69, 9.17) is 9.92 Å². The van der Waals surface area contributed by atoms with E-state index in [1.807, 2.05) is 25.9 Å². The minimum absolute atomic E-state index is 0.179. The summed E-state index contributed by atoms with van der Waals surface area (Å²) in [6, 6.07) is 6.39. The van der Waals surface area contributed by atoms with Crippen molar-refractivity contribution < 1.29 is 12.6 Å². The van der Waals surface area contributed by atoms with Crippen LogP contribution in [0, 0.1) is 6.92 Å². The van der Waals surface area contributed by atoms with Crippen LogP contribution in [-0.2, 0) is 14.3 Å². The first-order valence-corrected chi connectivity index (χ1v) is 9.64. The Kier molecular flexibility index (Phi) is 5.84. The lowest BCUT2D eigenvalue weighted by Crippen LogP contribution is -2.60. The molecule has 1 fully saturated rings. The molecule has 0 heterocycles. The van der Waals surface area contributed by atoms with Crippen molar-refractivity contribution in [1.29, 1.82) is 0 Å². The highest BCUT2D eigenvalue weighted by molar-refractivity contribution is 7.86. The molecule has 6 heteroatoms. The van der Waals surface area contributed by atoms with Crippen LogP contribution in [0.15, 0.2) is 29.2 Å². The molecule has 0 radical (unpaired) electrons. The number of nitrogens with two attached hydrogens (primary N) is 1. The predicted molar refractivity (Wildman–Crippen MR) is 91.5 cm³/mol. The summed E-state index contributed by atoms with van der Waals surface area (Å²) < 4.78 is 31.3. The van der Waals surface area contributed by atoms with Gasteiger partial charge in [0.25, 0.3) is 10.1 Å². The number of hydrogen-bond donors (Lipinski definition) is 1. The zero-order valence-corrected chi connectivity index (χ0v) is 15.1. The first-order chi connectivity index (χ1) is 10.8. The van der Waals surface area contributed by atoms with Gasteiger partial charge in [-0.25, -0.2) is 4.18 Å². The van der Waals surface area contributed by atoms with Crippen molar-refractivity contribution in [3.8, 4) is 0 Å². The van der Waals surface area contributed by atoms with Crippen LogP contribution in [0.2, 0.25) is 0 Å². The molecule has 130 valence electrons. The molecule has 0 aliphatic heterocycles. The molecule has 0 aromatic heterocycles. The topological polar surface area (TPSA) is 72.6 Å². The van der Waals surface area contributed by atoms with Crippen molar-refractivity contribution in [3.05, 3.63) is 29.8 Å². The van der Waals surface area contributed by atoms with Crippen LogP contribution in [0.3, 0.4) is 0 Å². The average Bonchev–Trinajstić information content (AvgIpc) is 2.47. The minimum Gasteiger partial charge on any atom is -0.324 e. The molecule has 2 rings (SSSR count). The minimum atomic E-state index is -3.86. The smallest absolute Gasteiger partial charge is 0.298 e. The summed E-state index contributed by atoms with van der Waals surface area (Å²) in [4.78, 5) is 2.01. The Balaban J connectivity index is 2.35. The van der Waals surface area contributed by atoms with Crippen LogP contribution in [0.4, 0.5) is 0 Å². The van der Waals surface area contributed by atoms with Crippen molar-refractivity contribution in [3.63, 3.8) is 0 Å². The van der Waals surface area contributed by atoms with Crippen LogP contribution in [0.1, 0.15) is 44.1 Å². The van der Waals surface area contributed by atoms with E-state index >= 15 is 0 Å². The number of likely N-dealkylation sites (N-methyl/N-ethyl adjacent to an activating group) is 1. The monoisotopic (exact) mass is 340 g/mol. The maximum atomic E-state index is 12.8. The summed E-state index contributed by atoms with van der Waals surface area (Å²) >= 11 is 0. The second kappa shape index (κ2) is 7.30. The third kappa shape index (κ3) is 4.12. The van der Waals surface area contributed by atoms with E-state index in [1.165, 1.54) is 0 Å². The summed E-state index contributed by atoms with van der Waals surface area (Å²) in [7, 11) is -0.184. The van der Waals surface area contributed by atoms with Gasteiger partial charge in [0.15, 0.2) is 5.72 Å². The van der Waals surface area contributed by atoms with Crippen molar-refractivity contribution >= 4 is 10.1 Å². The Bertz CT molecular complexity index is 613. The molecule has 2 unspecified atom stereocenters. The van der Waals surface area contributed by atoms with E-state index in [0.29, 0.717) is 6.42 Å². The van der Waals surface area contributed by atoms with E-state index in [9.17, 15) is 8.42 Å². The molecule has 1 aromatic rings. The van der Waals surface area contributed by atoms with Gasteiger partial charge in [-0.1, -0.05) is 37.0 Å². The van der Waals surface area contributed by atoms with Crippen LogP contribution < -0.4 is 5.73 Å². The average molecular weight is 340 g/mol. The van der Waals surface area contributed by atoms with Crippen LogP contribution >= 0.6 is 0 Å². The molecule has 2 N–H and O–H groups in total. The number of nitrogens with zero attached hydrogens (tertiary/aromatic N) is 1. The molecular weight excluding hydrogens is 312 g/mol. The second-order valence-electron chi connectivity index (χ2n) is 6.65. The van der Waals surface area contributed by atoms with Gasteiger partial charge in [-0.2, -0.15) is 8.42 Å². The third-order valence-electron chi connectivity index (χ3n) is 4.70. The van der Waals surface area contributed by atoms with Gasteiger partial charge in [-0.15, -0.1) is 0 Å². The summed E-state index contributed by atoms with van der Waals surface area (Å²) in [6.45, 7) is 1.92. The standard InChI is InChI=1S/C17H28N2O3S/c1-14-9-11-15(12-10-14)23(20,21)22-17(19(2)3)13-7-5-4-6-8-16(17)18/h9-12,16H,4-8,13,18H2,1-3H3. The summed E-state index contributed by atoms with van der Waals surface area (Å²) in [5.41, 5.74) is 6.39. The first kappa shape index (κ1) is 18.4. The van der Waals surface area contributed by atoms with Crippen LogP contribution in [-0.4, -0.2) is 39.2 Å².